The van der Waals surface area contributed by atoms with Crippen molar-refractivity contribution in [1.82, 2.24) is 0 Å². The van der Waals surface area contributed by atoms with Crippen LogP contribution in [0.4, 0.5) is 13.2 Å². The highest BCUT2D eigenvalue weighted by molar-refractivity contribution is 5.91. The molecule has 0 atom stereocenters. The van der Waals surface area contributed by atoms with Crippen molar-refractivity contribution >= 4 is 23.9 Å². The molecule has 0 unspecified atom stereocenters. The number of halogens is 3. The van der Waals surface area contributed by atoms with Crippen molar-refractivity contribution in [3.05, 3.63) is 131 Å². The van der Waals surface area contributed by atoms with Crippen molar-refractivity contribution in [3.8, 4) is 46.7 Å². The minimum Gasteiger partial charge on any atom is -0.423 e. The second-order valence-corrected chi connectivity index (χ2v) is 10.7. The van der Waals surface area contributed by atoms with Gasteiger partial charge in [0.05, 0.1) is 11.1 Å². The van der Waals surface area contributed by atoms with Gasteiger partial charge in [-0.05, 0) is 76.2 Å². The van der Waals surface area contributed by atoms with Gasteiger partial charge in [-0.15, -0.1) is 0 Å². The molecule has 0 aliphatic rings. The molecule has 0 amide bonds. The van der Waals surface area contributed by atoms with Gasteiger partial charge in [-0.3, -0.25) is 0 Å². The SMILES string of the molecule is C=C(C)C(=O)Oc1ccc(C#Cc2cc(OC(=O)C(=C)C)c(C#Cc3ccc(OC(=O)C(=C)C)cc3)c(C(F)(F)F)c2OC(=O)C(=C)C)cc1. The summed E-state index contributed by atoms with van der Waals surface area (Å²) in [6.45, 7) is 19.4. The molecule has 0 bridgehead atoms. The summed E-state index contributed by atoms with van der Waals surface area (Å²) in [6, 6.07) is 12.2. The molecule has 11 heteroatoms. The van der Waals surface area contributed by atoms with Crippen molar-refractivity contribution < 1.29 is 51.3 Å². The second kappa shape index (κ2) is 16.0. The predicted octanol–water partition coefficient (Wildman–Crippen LogP) is 7.43. The van der Waals surface area contributed by atoms with Gasteiger partial charge < -0.3 is 18.9 Å². The lowest BCUT2D eigenvalue weighted by atomic mass is 9.99. The van der Waals surface area contributed by atoms with E-state index in [-0.39, 0.29) is 44.9 Å². The first-order chi connectivity index (χ1) is 23.4. The van der Waals surface area contributed by atoms with Crippen LogP contribution in [0.15, 0.2) is 103 Å². The van der Waals surface area contributed by atoms with Crippen molar-refractivity contribution in [2.24, 2.45) is 0 Å². The first-order valence-corrected chi connectivity index (χ1v) is 14.4. The quantitative estimate of drug-likeness (QED) is 0.105. The zero-order valence-corrected chi connectivity index (χ0v) is 27.4. The summed E-state index contributed by atoms with van der Waals surface area (Å²) in [5.74, 6) is 5.24. The summed E-state index contributed by atoms with van der Waals surface area (Å²) in [4.78, 5) is 48.8. The highest BCUT2D eigenvalue weighted by Crippen LogP contribution is 2.45. The normalized spacial score (nSPS) is 10.2. The minimum atomic E-state index is -5.23. The van der Waals surface area contributed by atoms with E-state index in [9.17, 15) is 32.3 Å². The number of benzene rings is 3. The van der Waals surface area contributed by atoms with Gasteiger partial charge in [-0.25, -0.2) is 19.2 Å². The van der Waals surface area contributed by atoms with Crippen LogP contribution in [0.25, 0.3) is 0 Å². The molecule has 3 rings (SSSR count). The topological polar surface area (TPSA) is 105 Å². The van der Waals surface area contributed by atoms with Crippen LogP contribution in [0.2, 0.25) is 0 Å². The fourth-order valence-corrected chi connectivity index (χ4v) is 3.56. The Balaban J connectivity index is 2.27. The Hall–Kier alpha value is -6.59. The average Bonchev–Trinajstić information content (AvgIpc) is 3.04. The molecule has 3 aromatic rings. The maximum Gasteiger partial charge on any atom is 0.421 e. The molecule has 0 spiro atoms. The third-order valence-electron chi connectivity index (χ3n) is 6.12. The maximum atomic E-state index is 15.0. The summed E-state index contributed by atoms with van der Waals surface area (Å²) in [6.07, 6.45) is -5.23. The predicted molar refractivity (Wildman–Crippen MR) is 178 cm³/mol. The van der Waals surface area contributed by atoms with Crippen LogP contribution in [-0.4, -0.2) is 23.9 Å². The first-order valence-electron chi connectivity index (χ1n) is 14.4. The van der Waals surface area contributed by atoms with Crippen LogP contribution in [0.3, 0.4) is 0 Å². The fraction of sp³-hybridized carbons (Fsp3) is 0.128. The maximum absolute atomic E-state index is 15.0. The minimum absolute atomic E-state index is 0.129. The Morgan fingerprint density at radius 1 is 0.560 bits per heavy atom. The fourth-order valence-electron chi connectivity index (χ4n) is 3.56. The largest absolute Gasteiger partial charge is 0.423 e. The Bertz CT molecular complexity index is 2060. The van der Waals surface area contributed by atoms with E-state index in [4.69, 9.17) is 18.9 Å². The van der Waals surface area contributed by atoms with Gasteiger partial charge in [0.15, 0.2) is 5.75 Å². The Kier molecular flexibility index (Phi) is 12.1. The molecule has 0 saturated carbocycles. The molecule has 0 aliphatic heterocycles. The molecule has 0 fully saturated rings. The molecule has 254 valence electrons. The summed E-state index contributed by atoms with van der Waals surface area (Å²) >= 11 is 0. The molecule has 8 nitrogen and oxygen atoms in total. The lowest BCUT2D eigenvalue weighted by Gasteiger charge is -2.19. The molecule has 0 radical (unpaired) electrons. The third kappa shape index (κ3) is 10.2. The molecule has 50 heavy (non-hydrogen) atoms. The molecule has 0 aliphatic carbocycles. The van der Waals surface area contributed by atoms with Crippen LogP contribution < -0.4 is 18.9 Å². The number of esters is 4. The zero-order chi connectivity index (χ0) is 37.3. The van der Waals surface area contributed by atoms with Gasteiger partial charge in [0.2, 0.25) is 0 Å². The van der Waals surface area contributed by atoms with E-state index in [2.05, 4.69) is 50.0 Å². The lowest BCUT2D eigenvalue weighted by molar-refractivity contribution is -0.142. The van der Waals surface area contributed by atoms with E-state index in [1.807, 2.05) is 0 Å². The monoisotopic (exact) mass is 682 g/mol. The van der Waals surface area contributed by atoms with Crippen LogP contribution in [0, 0.1) is 23.7 Å². The molecular formula is C39H29F3O8. The van der Waals surface area contributed by atoms with E-state index in [0.717, 1.165) is 6.07 Å². The molecule has 0 heterocycles. The average molecular weight is 683 g/mol. The Morgan fingerprint density at radius 3 is 1.34 bits per heavy atom. The number of hydrogen-bond donors (Lipinski definition) is 0. The number of carbonyl (C=O) groups excluding carboxylic acids is 4. The third-order valence-corrected chi connectivity index (χ3v) is 6.12. The van der Waals surface area contributed by atoms with Gasteiger partial charge >= 0.3 is 30.1 Å². The summed E-state index contributed by atoms with van der Waals surface area (Å²) < 4.78 is 65.6. The van der Waals surface area contributed by atoms with Crippen molar-refractivity contribution in [1.29, 1.82) is 0 Å². The Morgan fingerprint density at radius 2 is 0.940 bits per heavy atom. The lowest BCUT2D eigenvalue weighted by Crippen LogP contribution is -2.19. The van der Waals surface area contributed by atoms with Crippen molar-refractivity contribution in [3.63, 3.8) is 0 Å². The van der Waals surface area contributed by atoms with Crippen molar-refractivity contribution in [2.45, 2.75) is 33.9 Å². The number of rotatable bonds is 8. The smallest absolute Gasteiger partial charge is 0.421 e. The Labute approximate surface area is 286 Å². The van der Waals surface area contributed by atoms with Crippen LogP contribution in [0.5, 0.6) is 23.0 Å². The van der Waals surface area contributed by atoms with Crippen molar-refractivity contribution in [2.75, 3.05) is 0 Å². The molecule has 0 N–H and O–H groups in total. The zero-order valence-electron chi connectivity index (χ0n) is 27.4. The van der Waals surface area contributed by atoms with E-state index in [1.165, 1.54) is 76.2 Å². The number of alkyl halides is 3. The summed E-state index contributed by atoms with van der Waals surface area (Å²) in [5.41, 5.74) is -2.44. The first kappa shape index (κ1) is 37.9. The standard InChI is InChI=1S/C39H29F3O8/c1-22(2)35(43)47-29-16-10-26(11-17-29)9-15-28-21-32(49-37(45)24(5)6)31(33(39(40,41)42)34(28)50-38(46)25(7)8)20-14-27-12-18-30(19-13-27)48-36(44)23(3)4/h10-13,16-19,21H,1,3,5,7H2,2,4,6,8H3. The highest BCUT2D eigenvalue weighted by Gasteiger charge is 2.41. The summed E-state index contributed by atoms with van der Waals surface area (Å²) in [5, 5.41) is 0. The van der Waals surface area contributed by atoms with Gasteiger partial charge in [0, 0.05) is 39.5 Å². The van der Waals surface area contributed by atoms with Gasteiger partial charge in [-0.2, -0.15) is 13.2 Å². The van der Waals surface area contributed by atoms with E-state index in [0.29, 0.717) is 0 Å². The van der Waals surface area contributed by atoms with Gasteiger partial charge in [0.25, 0.3) is 0 Å². The number of hydrogen-bond acceptors (Lipinski definition) is 8. The highest BCUT2D eigenvalue weighted by atomic mass is 19.4. The molecule has 0 saturated heterocycles. The molecule has 3 aromatic carbocycles. The van der Waals surface area contributed by atoms with Crippen LogP contribution in [-0.2, 0) is 25.4 Å². The molecule has 0 aromatic heterocycles. The summed E-state index contributed by atoms with van der Waals surface area (Å²) in [7, 11) is 0. The van der Waals surface area contributed by atoms with Gasteiger partial charge in [0.1, 0.15) is 22.8 Å². The van der Waals surface area contributed by atoms with E-state index in [1.54, 1.807) is 0 Å². The van der Waals surface area contributed by atoms with E-state index < -0.39 is 58.2 Å². The molecular weight excluding hydrogens is 653 g/mol. The van der Waals surface area contributed by atoms with Gasteiger partial charge in [-0.1, -0.05) is 50.0 Å². The number of ether oxygens (including phenoxy) is 4. The second-order valence-electron chi connectivity index (χ2n) is 10.7. The van der Waals surface area contributed by atoms with Crippen LogP contribution >= 0.6 is 0 Å². The number of carbonyl (C=O) groups is 4. The van der Waals surface area contributed by atoms with Crippen LogP contribution in [0.1, 0.15) is 55.5 Å². The van der Waals surface area contributed by atoms with E-state index >= 15 is 0 Å².